The Hall–Kier alpha value is -1.86. The number of imidazole rings is 1. The van der Waals surface area contributed by atoms with Crippen LogP contribution < -0.4 is 4.74 Å². The van der Waals surface area contributed by atoms with Gasteiger partial charge in [0.15, 0.2) is 0 Å². The summed E-state index contributed by atoms with van der Waals surface area (Å²) in [6, 6.07) is 6.43. The van der Waals surface area contributed by atoms with E-state index in [1.54, 1.807) is 37.6 Å². The largest absolute Gasteiger partial charge is 0.497 e. The maximum absolute atomic E-state index is 12.6. The lowest BCUT2D eigenvalue weighted by Crippen LogP contribution is -2.38. The number of nitrogens with zero attached hydrogens (tertiary/aromatic N) is 3. The molecule has 1 aromatic heterocycles. The van der Waals surface area contributed by atoms with Gasteiger partial charge in [0, 0.05) is 25.5 Å². The molecule has 0 atom stereocenters. The van der Waals surface area contributed by atoms with Crippen molar-refractivity contribution in [3.8, 4) is 5.75 Å². The second-order valence-electron chi connectivity index (χ2n) is 4.55. The summed E-state index contributed by atoms with van der Waals surface area (Å²) in [5.41, 5.74) is 0. The first-order chi connectivity index (χ1) is 9.61. The monoisotopic (exact) mass is 293 g/mol. The fourth-order valence-corrected chi connectivity index (χ4v) is 3.64. The van der Waals surface area contributed by atoms with Crippen molar-refractivity contribution in [1.29, 1.82) is 0 Å². The average Bonchev–Trinajstić information content (AvgIpc) is 2.94. The molecule has 0 fully saturated rings. The van der Waals surface area contributed by atoms with E-state index < -0.39 is 10.0 Å². The topological polar surface area (TPSA) is 64.4 Å². The van der Waals surface area contributed by atoms with E-state index in [0.29, 0.717) is 25.4 Å². The first-order valence-corrected chi connectivity index (χ1v) is 7.69. The molecule has 0 saturated carbocycles. The third-order valence-corrected chi connectivity index (χ3v) is 5.27. The van der Waals surface area contributed by atoms with Crippen molar-refractivity contribution < 1.29 is 13.2 Å². The van der Waals surface area contributed by atoms with E-state index in [-0.39, 0.29) is 4.90 Å². The SMILES string of the molecule is COc1ccc(S(=O)(=O)N2CCn3ccnc3C2)cc1. The molecule has 0 N–H and O–H groups in total. The first-order valence-electron chi connectivity index (χ1n) is 6.25. The molecule has 3 rings (SSSR count). The number of methoxy groups -OCH3 is 1. The lowest BCUT2D eigenvalue weighted by Gasteiger charge is -2.26. The van der Waals surface area contributed by atoms with E-state index in [2.05, 4.69) is 4.98 Å². The maximum atomic E-state index is 12.6. The van der Waals surface area contributed by atoms with Crippen molar-refractivity contribution in [2.45, 2.75) is 18.0 Å². The molecule has 0 unspecified atom stereocenters. The first kappa shape index (κ1) is 13.1. The van der Waals surface area contributed by atoms with Crippen LogP contribution in [-0.4, -0.2) is 35.9 Å². The Morgan fingerprint density at radius 3 is 2.65 bits per heavy atom. The molecule has 0 bridgehead atoms. The smallest absolute Gasteiger partial charge is 0.243 e. The third-order valence-electron chi connectivity index (χ3n) is 3.41. The molecule has 0 saturated heterocycles. The summed E-state index contributed by atoms with van der Waals surface area (Å²) in [6.07, 6.45) is 3.56. The molecule has 0 spiro atoms. The number of ether oxygens (including phenoxy) is 1. The summed E-state index contributed by atoms with van der Waals surface area (Å²) >= 11 is 0. The van der Waals surface area contributed by atoms with Gasteiger partial charge in [-0.05, 0) is 24.3 Å². The summed E-state index contributed by atoms with van der Waals surface area (Å²) in [7, 11) is -1.93. The second-order valence-corrected chi connectivity index (χ2v) is 6.49. The van der Waals surface area contributed by atoms with Crippen molar-refractivity contribution in [2.75, 3.05) is 13.7 Å². The quantitative estimate of drug-likeness (QED) is 0.850. The van der Waals surface area contributed by atoms with Gasteiger partial charge in [-0.2, -0.15) is 4.31 Å². The van der Waals surface area contributed by atoms with E-state index in [0.717, 1.165) is 5.82 Å². The molecule has 0 radical (unpaired) electrons. The van der Waals surface area contributed by atoms with Crippen molar-refractivity contribution >= 4 is 10.0 Å². The van der Waals surface area contributed by atoms with Crippen LogP contribution in [0.5, 0.6) is 5.75 Å². The molecule has 6 nitrogen and oxygen atoms in total. The minimum Gasteiger partial charge on any atom is -0.497 e. The zero-order chi connectivity index (χ0) is 14.2. The summed E-state index contributed by atoms with van der Waals surface area (Å²) in [5, 5.41) is 0. The van der Waals surface area contributed by atoms with Gasteiger partial charge in [0.05, 0.1) is 18.6 Å². The Bertz CT molecular complexity index is 707. The molecule has 2 heterocycles. The summed E-state index contributed by atoms with van der Waals surface area (Å²) in [6.45, 7) is 1.39. The Labute approximate surface area is 117 Å². The number of sulfonamides is 1. The molecule has 1 aromatic carbocycles. The van der Waals surface area contributed by atoms with Crippen LogP contribution >= 0.6 is 0 Å². The summed E-state index contributed by atoms with van der Waals surface area (Å²) in [5.74, 6) is 1.41. The van der Waals surface area contributed by atoms with Gasteiger partial charge < -0.3 is 9.30 Å². The lowest BCUT2D eigenvalue weighted by molar-refractivity contribution is 0.335. The normalized spacial score (nSPS) is 15.8. The highest BCUT2D eigenvalue weighted by molar-refractivity contribution is 7.89. The van der Waals surface area contributed by atoms with Crippen LogP contribution in [0.4, 0.5) is 0 Å². The Balaban J connectivity index is 1.88. The van der Waals surface area contributed by atoms with Gasteiger partial charge in [-0.3, -0.25) is 0 Å². The van der Waals surface area contributed by atoms with E-state index in [1.165, 1.54) is 4.31 Å². The van der Waals surface area contributed by atoms with Crippen molar-refractivity contribution in [3.63, 3.8) is 0 Å². The van der Waals surface area contributed by atoms with Gasteiger partial charge in [0.25, 0.3) is 0 Å². The van der Waals surface area contributed by atoms with Crippen molar-refractivity contribution in [3.05, 3.63) is 42.5 Å². The fraction of sp³-hybridized carbons (Fsp3) is 0.308. The molecule has 1 aliphatic heterocycles. The minimum atomic E-state index is -3.48. The zero-order valence-corrected chi connectivity index (χ0v) is 11.9. The third kappa shape index (κ3) is 2.19. The molecule has 0 aliphatic carbocycles. The van der Waals surface area contributed by atoms with E-state index in [4.69, 9.17) is 4.74 Å². The Morgan fingerprint density at radius 1 is 1.20 bits per heavy atom. The van der Waals surface area contributed by atoms with E-state index in [1.807, 2.05) is 10.8 Å². The standard InChI is InChI=1S/C13H15N3O3S/c1-19-11-2-4-12(5-3-11)20(17,18)16-9-8-15-7-6-14-13(15)10-16/h2-7H,8-10H2,1H3. The van der Waals surface area contributed by atoms with Crippen LogP contribution in [0.2, 0.25) is 0 Å². The maximum Gasteiger partial charge on any atom is 0.243 e. The van der Waals surface area contributed by atoms with Gasteiger partial charge >= 0.3 is 0 Å². The van der Waals surface area contributed by atoms with Crippen LogP contribution in [0.15, 0.2) is 41.6 Å². The van der Waals surface area contributed by atoms with Crippen molar-refractivity contribution in [1.82, 2.24) is 13.9 Å². The van der Waals surface area contributed by atoms with Gasteiger partial charge in [0.1, 0.15) is 11.6 Å². The summed E-state index contributed by atoms with van der Waals surface area (Å²) < 4.78 is 33.6. The molecule has 0 amide bonds. The molecule has 2 aromatic rings. The number of hydrogen-bond donors (Lipinski definition) is 0. The molecular weight excluding hydrogens is 278 g/mol. The predicted octanol–water partition coefficient (Wildman–Crippen LogP) is 1.10. The van der Waals surface area contributed by atoms with Gasteiger partial charge in [-0.25, -0.2) is 13.4 Å². The second kappa shape index (κ2) is 4.92. The molecule has 1 aliphatic rings. The van der Waals surface area contributed by atoms with Crippen molar-refractivity contribution in [2.24, 2.45) is 0 Å². The van der Waals surface area contributed by atoms with Gasteiger partial charge in [-0.1, -0.05) is 0 Å². The molecule has 7 heteroatoms. The molecule has 106 valence electrons. The Morgan fingerprint density at radius 2 is 1.95 bits per heavy atom. The van der Waals surface area contributed by atoms with Crippen LogP contribution in [0.25, 0.3) is 0 Å². The number of rotatable bonds is 3. The van der Waals surface area contributed by atoms with E-state index >= 15 is 0 Å². The highest BCUT2D eigenvalue weighted by atomic mass is 32.2. The Kier molecular flexibility index (Phi) is 3.23. The lowest BCUT2D eigenvalue weighted by atomic mass is 10.3. The van der Waals surface area contributed by atoms with Crippen LogP contribution in [0, 0.1) is 0 Å². The summed E-state index contributed by atoms with van der Waals surface area (Å²) in [4.78, 5) is 4.45. The van der Waals surface area contributed by atoms with E-state index in [9.17, 15) is 8.42 Å². The average molecular weight is 293 g/mol. The van der Waals surface area contributed by atoms with Gasteiger partial charge in [0.2, 0.25) is 10.0 Å². The van der Waals surface area contributed by atoms with Crippen LogP contribution in [0.3, 0.4) is 0 Å². The number of benzene rings is 1. The zero-order valence-electron chi connectivity index (χ0n) is 11.1. The fourth-order valence-electron chi connectivity index (χ4n) is 2.25. The van der Waals surface area contributed by atoms with Crippen LogP contribution in [0.1, 0.15) is 5.82 Å². The highest BCUT2D eigenvalue weighted by Crippen LogP contribution is 2.22. The van der Waals surface area contributed by atoms with Gasteiger partial charge in [-0.15, -0.1) is 0 Å². The minimum absolute atomic E-state index is 0.276. The number of aromatic nitrogens is 2. The predicted molar refractivity (Wildman–Crippen MR) is 72.8 cm³/mol. The molecular formula is C13H15N3O3S. The number of hydrogen-bond acceptors (Lipinski definition) is 4. The highest BCUT2D eigenvalue weighted by Gasteiger charge is 2.28. The van der Waals surface area contributed by atoms with Crippen LogP contribution in [-0.2, 0) is 23.1 Å². The molecule has 20 heavy (non-hydrogen) atoms. The number of fused-ring (bicyclic) bond motifs is 1.